The highest BCUT2D eigenvalue weighted by Gasteiger charge is 1.98. The summed E-state index contributed by atoms with van der Waals surface area (Å²) in [5.74, 6) is 0. The second-order valence-corrected chi connectivity index (χ2v) is 3.10. The van der Waals surface area contributed by atoms with Crippen molar-refractivity contribution in [1.82, 2.24) is 15.3 Å². The Balaban J connectivity index is 2.34. The first-order valence-corrected chi connectivity index (χ1v) is 4.65. The molecule has 0 amide bonds. The van der Waals surface area contributed by atoms with Crippen LogP contribution in [0.25, 0.3) is 17.1 Å². The molecule has 0 aromatic carbocycles. The van der Waals surface area contributed by atoms with E-state index in [4.69, 9.17) is 0 Å². The van der Waals surface area contributed by atoms with Crippen LogP contribution >= 0.6 is 0 Å². The summed E-state index contributed by atoms with van der Waals surface area (Å²) in [6.07, 6.45) is 7.95. The first kappa shape index (κ1) is 8.97. The summed E-state index contributed by atoms with van der Waals surface area (Å²) < 4.78 is 0. The third-order valence-electron chi connectivity index (χ3n) is 2.10. The number of fused-ring (bicyclic) bond motifs is 1. The number of rotatable bonds is 3. The van der Waals surface area contributed by atoms with Crippen molar-refractivity contribution < 1.29 is 0 Å². The molecule has 0 aliphatic carbocycles. The molecule has 3 nitrogen and oxygen atoms in total. The van der Waals surface area contributed by atoms with E-state index in [1.807, 2.05) is 19.3 Å². The van der Waals surface area contributed by atoms with Crippen molar-refractivity contribution in [2.24, 2.45) is 0 Å². The third-order valence-corrected chi connectivity index (χ3v) is 2.10. The summed E-state index contributed by atoms with van der Waals surface area (Å²) in [5.41, 5.74) is 2.12. The van der Waals surface area contributed by atoms with Crippen molar-refractivity contribution >= 4 is 17.1 Å². The fourth-order valence-electron chi connectivity index (χ4n) is 1.42. The van der Waals surface area contributed by atoms with Gasteiger partial charge in [-0.1, -0.05) is 12.2 Å². The maximum absolute atomic E-state index is 4.23. The number of H-pyrrole nitrogens is 1. The van der Waals surface area contributed by atoms with Crippen molar-refractivity contribution in [2.75, 3.05) is 13.6 Å². The molecule has 0 aliphatic heterocycles. The SMILES string of the molecule is CNCC=Cc1c[nH]c2ncccc12. The van der Waals surface area contributed by atoms with Crippen LogP contribution in [0.15, 0.2) is 30.6 Å². The Morgan fingerprint density at radius 2 is 2.50 bits per heavy atom. The van der Waals surface area contributed by atoms with Crippen molar-refractivity contribution in [3.8, 4) is 0 Å². The molecule has 0 radical (unpaired) electrons. The van der Waals surface area contributed by atoms with E-state index in [2.05, 4.69) is 33.5 Å². The maximum Gasteiger partial charge on any atom is 0.137 e. The van der Waals surface area contributed by atoms with Crippen LogP contribution in [0.4, 0.5) is 0 Å². The van der Waals surface area contributed by atoms with E-state index in [0.717, 1.165) is 12.2 Å². The summed E-state index contributed by atoms with van der Waals surface area (Å²) in [6, 6.07) is 4.02. The summed E-state index contributed by atoms with van der Waals surface area (Å²) in [4.78, 5) is 7.36. The molecule has 2 heterocycles. The molecule has 72 valence electrons. The summed E-state index contributed by atoms with van der Waals surface area (Å²) in [6.45, 7) is 0.882. The smallest absolute Gasteiger partial charge is 0.137 e. The number of pyridine rings is 1. The van der Waals surface area contributed by atoms with Crippen LogP contribution in [0, 0.1) is 0 Å². The van der Waals surface area contributed by atoms with Crippen molar-refractivity contribution in [1.29, 1.82) is 0 Å². The van der Waals surface area contributed by atoms with Gasteiger partial charge in [-0.2, -0.15) is 0 Å². The molecular weight excluding hydrogens is 174 g/mol. The van der Waals surface area contributed by atoms with E-state index < -0.39 is 0 Å². The van der Waals surface area contributed by atoms with E-state index >= 15 is 0 Å². The van der Waals surface area contributed by atoms with Crippen LogP contribution in [-0.4, -0.2) is 23.6 Å². The second-order valence-electron chi connectivity index (χ2n) is 3.10. The highest BCUT2D eigenvalue weighted by molar-refractivity contribution is 5.85. The zero-order valence-electron chi connectivity index (χ0n) is 8.12. The van der Waals surface area contributed by atoms with Gasteiger partial charge in [0.1, 0.15) is 5.65 Å². The zero-order valence-corrected chi connectivity index (χ0v) is 8.12. The van der Waals surface area contributed by atoms with Crippen LogP contribution in [0.3, 0.4) is 0 Å². The van der Waals surface area contributed by atoms with Gasteiger partial charge < -0.3 is 10.3 Å². The highest BCUT2D eigenvalue weighted by atomic mass is 14.8. The number of aromatic amines is 1. The van der Waals surface area contributed by atoms with E-state index in [-0.39, 0.29) is 0 Å². The lowest BCUT2D eigenvalue weighted by Gasteiger charge is -1.90. The monoisotopic (exact) mass is 187 g/mol. The van der Waals surface area contributed by atoms with E-state index in [0.29, 0.717) is 0 Å². The number of hydrogen-bond donors (Lipinski definition) is 2. The van der Waals surface area contributed by atoms with Crippen LogP contribution < -0.4 is 5.32 Å². The molecule has 2 aromatic heterocycles. The minimum Gasteiger partial charge on any atom is -0.346 e. The molecule has 2 rings (SSSR count). The third kappa shape index (κ3) is 1.67. The van der Waals surface area contributed by atoms with Gasteiger partial charge >= 0.3 is 0 Å². The number of hydrogen-bond acceptors (Lipinski definition) is 2. The fourth-order valence-corrected chi connectivity index (χ4v) is 1.42. The average molecular weight is 187 g/mol. The second kappa shape index (κ2) is 4.07. The van der Waals surface area contributed by atoms with Crippen LogP contribution in [0.1, 0.15) is 5.56 Å². The molecule has 3 heteroatoms. The van der Waals surface area contributed by atoms with Gasteiger partial charge in [-0.15, -0.1) is 0 Å². The molecule has 0 saturated heterocycles. The molecule has 0 bridgehead atoms. The van der Waals surface area contributed by atoms with E-state index in [1.165, 1.54) is 10.9 Å². The van der Waals surface area contributed by atoms with Gasteiger partial charge in [0, 0.05) is 29.9 Å². The van der Waals surface area contributed by atoms with Crippen molar-refractivity contribution in [2.45, 2.75) is 0 Å². The van der Waals surface area contributed by atoms with Gasteiger partial charge in [0.05, 0.1) is 0 Å². The quantitative estimate of drug-likeness (QED) is 0.769. The topological polar surface area (TPSA) is 40.7 Å². The molecule has 2 aromatic rings. The molecule has 0 fully saturated rings. The predicted octanol–water partition coefficient (Wildman–Crippen LogP) is 1.80. The number of nitrogens with one attached hydrogen (secondary N) is 2. The highest BCUT2D eigenvalue weighted by Crippen LogP contribution is 2.16. The molecule has 0 spiro atoms. The summed E-state index contributed by atoms with van der Waals surface area (Å²) in [5, 5.41) is 4.23. The van der Waals surface area contributed by atoms with Gasteiger partial charge in [-0.3, -0.25) is 0 Å². The Labute approximate surface area is 82.9 Å². The Morgan fingerprint density at radius 3 is 3.36 bits per heavy atom. The minimum absolute atomic E-state index is 0.882. The Morgan fingerprint density at radius 1 is 1.57 bits per heavy atom. The van der Waals surface area contributed by atoms with Gasteiger partial charge in [-0.25, -0.2) is 4.98 Å². The standard InChI is InChI=1S/C11H13N3/c1-12-6-2-4-9-8-14-11-10(9)5-3-7-13-11/h2-5,7-8,12H,6H2,1H3,(H,13,14). The molecule has 0 aliphatic rings. The lowest BCUT2D eigenvalue weighted by Crippen LogP contribution is -2.03. The molecular formula is C11H13N3. The Bertz CT molecular complexity index is 442. The number of aromatic nitrogens is 2. The molecule has 0 atom stereocenters. The van der Waals surface area contributed by atoms with Crippen LogP contribution in [-0.2, 0) is 0 Å². The lowest BCUT2D eigenvalue weighted by molar-refractivity contribution is 0.922. The minimum atomic E-state index is 0.882. The van der Waals surface area contributed by atoms with E-state index in [9.17, 15) is 0 Å². The van der Waals surface area contributed by atoms with Crippen molar-refractivity contribution in [3.05, 3.63) is 36.2 Å². The van der Waals surface area contributed by atoms with E-state index in [1.54, 1.807) is 6.20 Å². The predicted molar refractivity (Wildman–Crippen MR) is 59.1 cm³/mol. The van der Waals surface area contributed by atoms with Gasteiger partial charge in [-0.05, 0) is 19.2 Å². The largest absolute Gasteiger partial charge is 0.346 e. The Hall–Kier alpha value is -1.61. The van der Waals surface area contributed by atoms with Gasteiger partial charge in [0.2, 0.25) is 0 Å². The zero-order chi connectivity index (χ0) is 9.80. The molecule has 14 heavy (non-hydrogen) atoms. The molecule has 0 unspecified atom stereocenters. The fraction of sp³-hybridized carbons (Fsp3) is 0.182. The van der Waals surface area contributed by atoms with Crippen LogP contribution in [0.5, 0.6) is 0 Å². The Kier molecular flexibility index (Phi) is 2.60. The number of likely N-dealkylation sites (N-methyl/N-ethyl adjacent to an activating group) is 1. The first-order valence-electron chi connectivity index (χ1n) is 4.65. The van der Waals surface area contributed by atoms with Crippen molar-refractivity contribution in [3.63, 3.8) is 0 Å². The number of nitrogens with zero attached hydrogens (tertiary/aromatic N) is 1. The lowest BCUT2D eigenvalue weighted by atomic mass is 10.2. The van der Waals surface area contributed by atoms with Gasteiger partial charge in [0.25, 0.3) is 0 Å². The molecule has 0 saturated carbocycles. The maximum atomic E-state index is 4.23. The molecule has 2 N–H and O–H groups in total. The van der Waals surface area contributed by atoms with Crippen LogP contribution in [0.2, 0.25) is 0 Å². The summed E-state index contributed by atoms with van der Waals surface area (Å²) in [7, 11) is 1.93. The summed E-state index contributed by atoms with van der Waals surface area (Å²) >= 11 is 0. The average Bonchev–Trinajstić information content (AvgIpc) is 2.63. The van der Waals surface area contributed by atoms with Gasteiger partial charge in [0.15, 0.2) is 0 Å². The normalized spacial score (nSPS) is 11.5. The first-order chi connectivity index (χ1) is 6.92.